The molecule has 30 heavy (non-hydrogen) atoms. The van der Waals surface area contributed by atoms with Gasteiger partial charge in [-0.3, -0.25) is 10.1 Å². The Kier molecular flexibility index (Phi) is 6.77. The van der Waals surface area contributed by atoms with E-state index in [1.165, 1.54) is 18.3 Å². The van der Waals surface area contributed by atoms with E-state index in [4.69, 9.17) is 15.2 Å². The number of ether oxygens (including phenoxy) is 2. The fourth-order valence-electron chi connectivity index (χ4n) is 2.58. The molecule has 0 aliphatic heterocycles. The monoisotopic (exact) mass is 417 g/mol. The lowest BCUT2D eigenvalue weighted by molar-refractivity contribution is -0.384. The van der Waals surface area contributed by atoms with E-state index in [1.807, 2.05) is 0 Å². The van der Waals surface area contributed by atoms with Crippen LogP contribution in [0.4, 0.5) is 15.3 Å². The highest BCUT2D eigenvalue weighted by Gasteiger charge is 2.24. The summed E-state index contributed by atoms with van der Waals surface area (Å²) >= 11 is 0. The zero-order chi connectivity index (χ0) is 22.5. The summed E-state index contributed by atoms with van der Waals surface area (Å²) in [5.41, 5.74) is 4.50. The molecular formula is C19H23N5O6. The zero-order valence-corrected chi connectivity index (χ0v) is 16.8. The number of H-pyrrole nitrogens is 1. The van der Waals surface area contributed by atoms with Crippen molar-refractivity contribution in [2.24, 2.45) is 5.73 Å². The van der Waals surface area contributed by atoms with Crippen LogP contribution in [-0.4, -0.2) is 32.7 Å². The molecule has 1 aromatic carbocycles. The largest absolute Gasteiger partial charge is 0.444 e. The highest BCUT2D eigenvalue weighted by atomic mass is 16.6. The van der Waals surface area contributed by atoms with E-state index in [9.17, 15) is 19.7 Å². The van der Waals surface area contributed by atoms with Crippen LogP contribution >= 0.6 is 0 Å². The zero-order valence-electron chi connectivity index (χ0n) is 16.8. The topological polar surface area (TPSA) is 162 Å². The first-order valence-electron chi connectivity index (χ1n) is 8.91. The molecule has 2 aromatic rings. The van der Waals surface area contributed by atoms with Crippen LogP contribution in [0, 0.1) is 10.1 Å². The molecule has 0 bridgehead atoms. The molecule has 2 amide bonds. The summed E-state index contributed by atoms with van der Waals surface area (Å²) < 4.78 is 9.95. The number of nitrogens with zero attached hydrogens (tertiary/aromatic N) is 2. The number of aromatic nitrogens is 2. The molecule has 0 radical (unpaired) electrons. The van der Waals surface area contributed by atoms with Gasteiger partial charge < -0.3 is 25.5 Å². The number of primary amides is 1. The highest BCUT2D eigenvalue weighted by molar-refractivity contribution is 5.74. The van der Waals surface area contributed by atoms with E-state index in [-0.39, 0.29) is 17.0 Å². The second-order valence-electron chi connectivity index (χ2n) is 7.26. The van der Waals surface area contributed by atoms with Crippen molar-refractivity contribution in [1.82, 2.24) is 15.3 Å². The highest BCUT2D eigenvalue weighted by Crippen LogP contribution is 2.33. The van der Waals surface area contributed by atoms with Gasteiger partial charge in [-0.1, -0.05) is 6.08 Å². The van der Waals surface area contributed by atoms with Crippen molar-refractivity contribution in [3.63, 3.8) is 0 Å². The Morgan fingerprint density at radius 1 is 1.43 bits per heavy atom. The number of carbonyl (C=O) groups excluding carboxylic acids is 2. The molecule has 0 saturated carbocycles. The molecule has 1 unspecified atom stereocenters. The number of alkyl carbamates (subject to hydrolysis) is 1. The second-order valence-corrected chi connectivity index (χ2v) is 7.26. The molecule has 2 rings (SSSR count). The molecule has 1 aromatic heterocycles. The lowest BCUT2D eigenvalue weighted by atomic mass is 10.1. The minimum Gasteiger partial charge on any atom is -0.444 e. The number of nitrogens with one attached hydrogen (secondary N) is 2. The van der Waals surface area contributed by atoms with Crippen molar-refractivity contribution in [1.29, 1.82) is 0 Å². The van der Waals surface area contributed by atoms with E-state index < -0.39 is 28.8 Å². The van der Waals surface area contributed by atoms with E-state index >= 15 is 0 Å². The van der Waals surface area contributed by atoms with Gasteiger partial charge in [0, 0.05) is 0 Å². The fourth-order valence-corrected chi connectivity index (χ4v) is 2.58. The molecule has 0 spiro atoms. The SMILES string of the molecule is C=CCC(NC(=O)OC(C)(C)C)c1ncc(-c2ccc(OC(N)=O)cc2[N+](=O)[O-])[nH]1. The molecule has 1 atom stereocenters. The summed E-state index contributed by atoms with van der Waals surface area (Å²) in [6.07, 6.45) is 1.63. The number of rotatable bonds is 7. The molecular weight excluding hydrogens is 394 g/mol. The van der Waals surface area contributed by atoms with Gasteiger partial charge >= 0.3 is 12.2 Å². The van der Waals surface area contributed by atoms with Crippen molar-refractivity contribution in [2.45, 2.75) is 38.8 Å². The Morgan fingerprint density at radius 2 is 2.13 bits per heavy atom. The number of nitro groups is 1. The van der Waals surface area contributed by atoms with E-state index in [1.54, 1.807) is 26.8 Å². The van der Waals surface area contributed by atoms with Gasteiger partial charge in [-0.25, -0.2) is 14.6 Å². The molecule has 1 heterocycles. The van der Waals surface area contributed by atoms with E-state index in [0.717, 1.165) is 6.07 Å². The average Bonchev–Trinajstić information content (AvgIpc) is 3.09. The Morgan fingerprint density at radius 3 is 2.70 bits per heavy atom. The molecule has 0 fully saturated rings. The molecule has 0 saturated heterocycles. The van der Waals surface area contributed by atoms with E-state index in [0.29, 0.717) is 17.9 Å². The minimum atomic E-state index is -1.08. The van der Waals surface area contributed by atoms with Crippen LogP contribution < -0.4 is 15.8 Å². The summed E-state index contributed by atoms with van der Waals surface area (Å²) in [4.78, 5) is 41.0. The van der Waals surface area contributed by atoms with Crippen LogP contribution in [0.2, 0.25) is 0 Å². The van der Waals surface area contributed by atoms with Crippen molar-refractivity contribution < 1.29 is 24.0 Å². The quantitative estimate of drug-likeness (QED) is 0.352. The molecule has 160 valence electrons. The number of hydrogen-bond acceptors (Lipinski definition) is 7. The summed E-state index contributed by atoms with van der Waals surface area (Å²) in [6, 6.07) is 3.27. The molecule has 11 heteroatoms. The first-order chi connectivity index (χ1) is 14.0. The maximum absolute atomic E-state index is 12.1. The first kappa shape index (κ1) is 22.4. The predicted octanol–water partition coefficient (Wildman–Crippen LogP) is 3.58. The molecule has 0 aliphatic carbocycles. The van der Waals surface area contributed by atoms with Crippen LogP contribution in [0.25, 0.3) is 11.3 Å². The van der Waals surface area contributed by atoms with Crippen molar-refractivity contribution in [3.8, 4) is 17.0 Å². The van der Waals surface area contributed by atoms with Gasteiger partial charge in [0.05, 0.1) is 34.5 Å². The predicted molar refractivity (Wildman–Crippen MR) is 108 cm³/mol. The summed E-state index contributed by atoms with van der Waals surface area (Å²) in [5.74, 6) is 0.302. The summed E-state index contributed by atoms with van der Waals surface area (Å²) in [7, 11) is 0. The van der Waals surface area contributed by atoms with Crippen LogP contribution in [0.1, 0.15) is 39.1 Å². The number of nitrogens with two attached hydrogens (primary N) is 1. The Bertz CT molecular complexity index is 963. The van der Waals surface area contributed by atoms with Gasteiger partial charge in [-0.05, 0) is 39.3 Å². The minimum absolute atomic E-state index is 0.0613. The fraction of sp³-hybridized carbons (Fsp3) is 0.316. The van der Waals surface area contributed by atoms with Crippen LogP contribution in [-0.2, 0) is 4.74 Å². The van der Waals surface area contributed by atoms with Gasteiger partial charge in [0.2, 0.25) is 0 Å². The maximum atomic E-state index is 12.1. The number of nitro benzene ring substituents is 1. The van der Waals surface area contributed by atoms with Crippen LogP contribution in [0.15, 0.2) is 37.1 Å². The lowest BCUT2D eigenvalue weighted by Gasteiger charge is -2.22. The number of hydrogen-bond donors (Lipinski definition) is 3. The van der Waals surface area contributed by atoms with Gasteiger partial charge in [0.25, 0.3) is 5.69 Å². The Labute approximate surface area is 172 Å². The lowest BCUT2D eigenvalue weighted by Crippen LogP contribution is -2.35. The van der Waals surface area contributed by atoms with Gasteiger partial charge in [-0.2, -0.15) is 0 Å². The molecule has 4 N–H and O–H groups in total. The van der Waals surface area contributed by atoms with Crippen LogP contribution in [0.5, 0.6) is 5.75 Å². The standard InChI is InChI=1S/C19H23N5O6/c1-5-6-13(23-18(26)30-19(2,3)4)16-21-10-14(22-16)12-8-7-11(29-17(20)25)9-15(12)24(27)28/h5,7-10,13H,1,6H2,2-4H3,(H2,20,25)(H,21,22)(H,23,26). The maximum Gasteiger partial charge on any atom is 0.409 e. The second kappa shape index (κ2) is 9.07. The van der Waals surface area contributed by atoms with Crippen LogP contribution in [0.3, 0.4) is 0 Å². The number of amides is 2. The number of carbonyl (C=O) groups is 2. The third-order valence-electron chi connectivity index (χ3n) is 3.69. The van der Waals surface area contributed by atoms with Gasteiger partial charge in [0.1, 0.15) is 17.2 Å². The van der Waals surface area contributed by atoms with Crippen molar-refractivity contribution >= 4 is 17.9 Å². The molecule has 0 aliphatic rings. The average molecular weight is 417 g/mol. The first-order valence-corrected chi connectivity index (χ1v) is 8.91. The smallest absolute Gasteiger partial charge is 0.409 e. The third kappa shape index (κ3) is 6.06. The van der Waals surface area contributed by atoms with Gasteiger partial charge in [0.15, 0.2) is 0 Å². The van der Waals surface area contributed by atoms with E-state index in [2.05, 4.69) is 21.9 Å². The Hall–Kier alpha value is -3.89. The van der Waals surface area contributed by atoms with Crippen molar-refractivity contribution in [2.75, 3.05) is 0 Å². The number of aromatic amines is 1. The third-order valence-corrected chi connectivity index (χ3v) is 3.69. The summed E-state index contributed by atoms with van der Waals surface area (Å²) in [6.45, 7) is 8.89. The number of benzene rings is 1. The Balaban J connectivity index is 2.33. The summed E-state index contributed by atoms with van der Waals surface area (Å²) in [5, 5.41) is 14.2. The number of imidazole rings is 1. The normalized spacial score (nSPS) is 12.0. The van der Waals surface area contributed by atoms with Crippen molar-refractivity contribution in [3.05, 3.63) is 53.0 Å². The van der Waals surface area contributed by atoms with Gasteiger partial charge in [-0.15, -0.1) is 6.58 Å². The molecule has 11 nitrogen and oxygen atoms in total.